The minimum atomic E-state index is -0.971. The van der Waals surface area contributed by atoms with Gasteiger partial charge in [-0.25, -0.2) is 4.79 Å². The van der Waals surface area contributed by atoms with Crippen LogP contribution in [0, 0.1) is 0 Å². The molecule has 1 aliphatic carbocycles. The first kappa shape index (κ1) is 16.0. The molecule has 0 bridgehead atoms. The van der Waals surface area contributed by atoms with E-state index in [9.17, 15) is 14.4 Å². The number of amides is 4. The van der Waals surface area contributed by atoms with Gasteiger partial charge in [0.15, 0.2) is 0 Å². The first-order chi connectivity index (χ1) is 11.0. The lowest BCUT2D eigenvalue weighted by molar-refractivity contribution is -0.135. The second kappa shape index (κ2) is 5.96. The zero-order valence-corrected chi connectivity index (χ0v) is 14.2. The molecule has 124 valence electrons. The molecular weight excluding hydrogens is 314 g/mol. The lowest BCUT2D eigenvalue weighted by Crippen LogP contribution is -2.47. The van der Waals surface area contributed by atoms with Crippen LogP contribution >= 0.6 is 11.3 Å². The molecule has 0 saturated carbocycles. The quantitative estimate of drug-likeness (QED) is 0.823. The van der Waals surface area contributed by atoms with Crippen molar-refractivity contribution >= 4 is 29.2 Å². The summed E-state index contributed by atoms with van der Waals surface area (Å²) in [6.45, 7) is 3.63. The van der Waals surface area contributed by atoms with Gasteiger partial charge in [0.05, 0.1) is 0 Å². The molecule has 3 rings (SSSR count). The molecule has 2 heterocycles. The average molecular weight is 335 g/mol. The molecule has 7 heteroatoms. The van der Waals surface area contributed by atoms with Gasteiger partial charge in [-0.3, -0.25) is 14.5 Å². The summed E-state index contributed by atoms with van der Waals surface area (Å²) in [6, 6.07) is 1.46. The summed E-state index contributed by atoms with van der Waals surface area (Å²) in [5.41, 5.74) is -0.0710. The van der Waals surface area contributed by atoms with Crippen LogP contribution in [-0.4, -0.2) is 35.3 Å². The normalized spacial score (nSPS) is 24.5. The van der Waals surface area contributed by atoms with Crippen molar-refractivity contribution in [1.29, 1.82) is 0 Å². The summed E-state index contributed by atoms with van der Waals surface area (Å²) >= 11 is 1.61. The summed E-state index contributed by atoms with van der Waals surface area (Å²) in [4.78, 5) is 39.4. The van der Waals surface area contributed by atoms with Gasteiger partial charge in [0.2, 0.25) is 5.91 Å². The topological polar surface area (TPSA) is 78.5 Å². The molecule has 0 radical (unpaired) electrons. The molecule has 4 amide bonds. The van der Waals surface area contributed by atoms with Gasteiger partial charge >= 0.3 is 6.03 Å². The van der Waals surface area contributed by atoms with Crippen LogP contribution in [-0.2, 0) is 21.5 Å². The standard InChI is InChI=1S/C16H21N3O3S/c1-3-10(2)17-13(20)9-19-14(21)16(18-15(19)22)7-4-5-12-11(16)6-8-23-12/h6,8,10H,3-5,7,9H2,1-2H3,(H,17,20)(H,18,22). The third-order valence-corrected chi connectivity index (χ3v) is 5.64. The number of aryl methyl sites for hydroxylation is 1. The van der Waals surface area contributed by atoms with E-state index in [4.69, 9.17) is 0 Å². The van der Waals surface area contributed by atoms with Gasteiger partial charge in [-0.2, -0.15) is 0 Å². The number of carbonyl (C=O) groups excluding carboxylic acids is 3. The van der Waals surface area contributed by atoms with Crippen LogP contribution in [0.4, 0.5) is 4.79 Å². The van der Waals surface area contributed by atoms with Gasteiger partial charge in [-0.1, -0.05) is 6.92 Å². The zero-order valence-electron chi connectivity index (χ0n) is 13.3. The highest BCUT2D eigenvalue weighted by Crippen LogP contribution is 2.41. The maximum Gasteiger partial charge on any atom is 0.325 e. The minimum Gasteiger partial charge on any atom is -0.352 e. The Morgan fingerprint density at radius 2 is 2.30 bits per heavy atom. The smallest absolute Gasteiger partial charge is 0.325 e. The molecule has 1 aromatic rings. The Morgan fingerprint density at radius 3 is 3.04 bits per heavy atom. The molecule has 23 heavy (non-hydrogen) atoms. The molecule has 1 saturated heterocycles. The summed E-state index contributed by atoms with van der Waals surface area (Å²) in [7, 11) is 0. The Morgan fingerprint density at radius 1 is 1.52 bits per heavy atom. The molecule has 1 fully saturated rings. The molecule has 1 aromatic heterocycles. The highest BCUT2D eigenvalue weighted by Gasteiger charge is 2.54. The number of thiophene rings is 1. The molecule has 2 unspecified atom stereocenters. The lowest BCUT2D eigenvalue weighted by Gasteiger charge is -2.31. The van der Waals surface area contributed by atoms with E-state index in [1.54, 1.807) is 11.3 Å². The second-order valence-electron chi connectivity index (χ2n) is 6.21. The fraction of sp³-hybridized carbons (Fsp3) is 0.562. The van der Waals surface area contributed by atoms with E-state index in [1.165, 1.54) is 0 Å². The van der Waals surface area contributed by atoms with E-state index in [-0.39, 0.29) is 24.4 Å². The van der Waals surface area contributed by atoms with Crippen LogP contribution in [0.1, 0.15) is 43.6 Å². The van der Waals surface area contributed by atoms with Gasteiger partial charge in [-0.15, -0.1) is 11.3 Å². The number of hydrogen-bond donors (Lipinski definition) is 2. The molecule has 2 atom stereocenters. The number of carbonyl (C=O) groups is 3. The van der Waals surface area contributed by atoms with Crippen LogP contribution in [0.3, 0.4) is 0 Å². The maximum absolute atomic E-state index is 12.9. The molecule has 1 spiro atoms. The molecule has 1 aliphatic heterocycles. The largest absolute Gasteiger partial charge is 0.352 e. The van der Waals surface area contributed by atoms with Crippen molar-refractivity contribution in [2.45, 2.75) is 51.1 Å². The Kier molecular flexibility index (Phi) is 4.14. The number of nitrogens with one attached hydrogen (secondary N) is 2. The van der Waals surface area contributed by atoms with E-state index in [0.717, 1.165) is 34.6 Å². The van der Waals surface area contributed by atoms with Gasteiger partial charge in [0.25, 0.3) is 5.91 Å². The van der Waals surface area contributed by atoms with Gasteiger partial charge in [-0.05, 0) is 44.1 Å². The van der Waals surface area contributed by atoms with E-state index >= 15 is 0 Å². The molecular formula is C16H21N3O3S. The minimum absolute atomic E-state index is 0.0235. The summed E-state index contributed by atoms with van der Waals surface area (Å²) in [6.07, 6.45) is 3.18. The summed E-state index contributed by atoms with van der Waals surface area (Å²) in [5.74, 6) is -0.609. The summed E-state index contributed by atoms with van der Waals surface area (Å²) in [5, 5.41) is 7.59. The first-order valence-corrected chi connectivity index (χ1v) is 8.86. The third kappa shape index (κ3) is 2.63. The lowest BCUT2D eigenvalue weighted by atomic mass is 9.80. The fourth-order valence-corrected chi connectivity index (χ4v) is 4.25. The van der Waals surface area contributed by atoms with Gasteiger partial charge < -0.3 is 10.6 Å². The predicted octanol–water partition coefficient (Wildman–Crippen LogP) is 1.75. The molecule has 6 nitrogen and oxygen atoms in total. The maximum atomic E-state index is 12.9. The Hall–Kier alpha value is -1.89. The number of urea groups is 1. The van der Waals surface area contributed by atoms with E-state index in [0.29, 0.717) is 6.42 Å². The third-order valence-electron chi connectivity index (χ3n) is 4.66. The Labute approximate surface area is 139 Å². The van der Waals surface area contributed by atoms with Crippen molar-refractivity contribution in [1.82, 2.24) is 15.5 Å². The predicted molar refractivity (Wildman–Crippen MR) is 87.1 cm³/mol. The highest BCUT2D eigenvalue weighted by atomic mass is 32.1. The van der Waals surface area contributed by atoms with Crippen LogP contribution < -0.4 is 10.6 Å². The van der Waals surface area contributed by atoms with Crippen molar-refractivity contribution in [2.24, 2.45) is 0 Å². The van der Waals surface area contributed by atoms with Crippen molar-refractivity contribution in [3.05, 3.63) is 21.9 Å². The van der Waals surface area contributed by atoms with Crippen molar-refractivity contribution < 1.29 is 14.4 Å². The SMILES string of the molecule is CCC(C)NC(=O)CN1C(=O)NC2(CCCc3sccc32)C1=O. The average Bonchev–Trinajstić information content (AvgIpc) is 3.08. The van der Waals surface area contributed by atoms with Crippen molar-refractivity contribution in [3.63, 3.8) is 0 Å². The monoisotopic (exact) mass is 335 g/mol. The van der Waals surface area contributed by atoms with Crippen LogP contribution in [0.2, 0.25) is 0 Å². The number of rotatable bonds is 4. The van der Waals surface area contributed by atoms with E-state index < -0.39 is 11.6 Å². The number of imide groups is 1. The Balaban J connectivity index is 1.81. The Bertz CT molecular complexity index is 657. The van der Waals surface area contributed by atoms with E-state index in [1.807, 2.05) is 25.3 Å². The highest BCUT2D eigenvalue weighted by molar-refractivity contribution is 7.10. The van der Waals surface area contributed by atoms with Gasteiger partial charge in [0.1, 0.15) is 12.1 Å². The van der Waals surface area contributed by atoms with Crippen LogP contribution in [0.25, 0.3) is 0 Å². The first-order valence-electron chi connectivity index (χ1n) is 7.98. The molecule has 2 aliphatic rings. The van der Waals surface area contributed by atoms with E-state index in [2.05, 4.69) is 10.6 Å². The van der Waals surface area contributed by atoms with Crippen LogP contribution in [0.5, 0.6) is 0 Å². The molecule has 2 N–H and O–H groups in total. The van der Waals surface area contributed by atoms with Crippen molar-refractivity contribution in [3.8, 4) is 0 Å². The fourth-order valence-electron chi connectivity index (χ4n) is 3.25. The molecule has 0 aromatic carbocycles. The van der Waals surface area contributed by atoms with Crippen molar-refractivity contribution in [2.75, 3.05) is 6.54 Å². The number of nitrogens with zero attached hydrogens (tertiary/aromatic N) is 1. The summed E-state index contributed by atoms with van der Waals surface area (Å²) < 4.78 is 0. The zero-order chi connectivity index (χ0) is 16.6. The number of fused-ring (bicyclic) bond motifs is 2. The number of hydrogen-bond acceptors (Lipinski definition) is 4. The van der Waals surface area contributed by atoms with Crippen LogP contribution in [0.15, 0.2) is 11.4 Å². The van der Waals surface area contributed by atoms with Gasteiger partial charge in [0, 0.05) is 16.5 Å². The second-order valence-corrected chi connectivity index (χ2v) is 7.22.